The molecular weight excluding hydrogens is 248 g/mol. The van der Waals surface area contributed by atoms with Crippen molar-refractivity contribution in [3.63, 3.8) is 0 Å². The number of rotatable bonds is 5. The second kappa shape index (κ2) is 6.14. The maximum absolute atomic E-state index is 5.93. The number of hydrogen-bond donors (Lipinski definition) is 1. The average Bonchev–Trinajstić information content (AvgIpc) is 2.66. The van der Waals surface area contributed by atoms with Crippen molar-refractivity contribution >= 4 is 0 Å². The van der Waals surface area contributed by atoms with Crippen molar-refractivity contribution in [2.75, 3.05) is 6.54 Å². The molecule has 2 rings (SSSR count). The van der Waals surface area contributed by atoms with Crippen LogP contribution in [0, 0.1) is 13.8 Å². The van der Waals surface area contributed by atoms with Crippen molar-refractivity contribution in [1.82, 2.24) is 4.57 Å². The lowest BCUT2D eigenvalue weighted by Gasteiger charge is -2.17. The van der Waals surface area contributed by atoms with E-state index in [-0.39, 0.29) is 6.10 Å². The zero-order valence-electron chi connectivity index (χ0n) is 12.8. The van der Waals surface area contributed by atoms with Crippen LogP contribution in [-0.2, 0) is 6.42 Å². The molecule has 0 saturated heterocycles. The van der Waals surface area contributed by atoms with Gasteiger partial charge >= 0.3 is 0 Å². The molecule has 0 fully saturated rings. The predicted octanol–water partition coefficient (Wildman–Crippen LogP) is 3.38. The van der Waals surface area contributed by atoms with Gasteiger partial charge in [-0.15, -0.1) is 0 Å². The van der Waals surface area contributed by atoms with E-state index in [2.05, 4.69) is 30.5 Å². The van der Waals surface area contributed by atoms with E-state index in [4.69, 9.17) is 10.5 Å². The Labute approximate surface area is 121 Å². The summed E-state index contributed by atoms with van der Waals surface area (Å²) >= 11 is 0. The molecule has 0 aliphatic carbocycles. The van der Waals surface area contributed by atoms with E-state index < -0.39 is 0 Å². The van der Waals surface area contributed by atoms with E-state index in [1.54, 1.807) is 0 Å². The molecule has 0 aliphatic rings. The summed E-state index contributed by atoms with van der Waals surface area (Å²) in [5, 5.41) is 0. The Morgan fingerprint density at radius 1 is 1.20 bits per heavy atom. The Bertz CT molecular complexity index is 585. The SMILES string of the molecule is Cc1cc(CCN)c(C)n1-c1ccccc1OC(C)C. The lowest BCUT2D eigenvalue weighted by molar-refractivity contribution is 0.241. The Morgan fingerprint density at radius 2 is 1.90 bits per heavy atom. The van der Waals surface area contributed by atoms with Gasteiger partial charge in [-0.05, 0) is 64.4 Å². The highest BCUT2D eigenvalue weighted by Gasteiger charge is 2.14. The summed E-state index contributed by atoms with van der Waals surface area (Å²) in [7, 11) is 0. The van der Waals surface area contributed by atoms with Crippen LogP contribution in [0.3, 0.4) is 0 Å². The molecule has 1 heterocycles. The van der Waals surface area contributed by atoms with Gasteiger partial charge in [0.1, 0.15) is 5.75 Å². The van der Waals surface area contributed by atoms with Crippen molar-refractivity contribution in [2.24, 2.45) is 5.73 Å². The van der Waals surface area contributed by atoms with Gasteiger partial charge in [0.2, 0.25) is 0 Å². The van der Waals surface area contributed by atoms with Crippen molar-refractivity contribution in [3.05, 3.63) is 47.3 Å². The number of benzene rings is 1. The van der Waals surface area contributed by atoms with E-state index in [0.717, 1.165) is 17.9 Å². The maximum Gasteiger partial charge on any atom is 0.143 e. The van der Waals surface area contributed by atoms with E-state index in [1.165, 1.54) is 17.0 Å². The van der Waals surface area contributed by atoms with E-state index in [1.807, 2.05) is 32.0 Å². The Morgan fingerprint density at radius 3 is 2.55 bits per heavy atom. The topological polar surface area (TPSA) is 40.2 Å². The van der Waals surface area contributed by atoms with Crippen LogP contribution in [0.2, 0.25) is 0 Å². The van der Waals surface area contributed by atoms with Gasteiger partial charge in [-0.3, -0.25) is 0 Å². The second-order valence-electron chi connectivity index (χ2n) is 5.40. The van der Waals surface area contributed by atoms with E-state index >= 15 is 0 Å². The third-order valence-electron chi connectivity index (χ3n) is 3.42. The number of ether oxygens (including phenoxy) is 1. The van der Waals surface area contributed by atoms with Crippen molar-refractivity contribution in [3.8, 4) is 11.4 Å². The molecule has 0 unspecified atom stereocenters. The summed E-state index contributed by atoms with van der Waals surface area (Å²) in [6.45, 7) is 9.04. The number of nitrogens with zero attached hydrogens (tertiary/aromatic N) is 1. The number of hydrogen-bond acceptors (Lipinski definition) is 2. The molecule has 2 N–H and O–H groups in total. The standard InChI is InChI=1S/C17H24N2O/c1-12(2)20-17-8-6-5-7-16(17)19-13(3)11-15(9-10-18)14(19)4/h5-8,11-12H,9-10,18H2,1-4H3. The van der Waals surface area contributed by atoms with E-state index in [0.29, 0.717) is 6.54 Å². The second-order valence-corrected chi connectivity index (χ2v) is 5.40. The smallest absolute Gasteiger partial charge is 0.143 e. The monoisotopic (exact) mass is 272 g/mol. The first-order chi connectivity index (χ1) is 9.54. The number of aromatic nitrogens is 1. The minimum absolute atomic E-state index is 0.163. The molecule has 1 aromatic heterocycles. The zero-order chi connectivity index (χ0) is 14.7. The molecule has 20 heavy (non-hydrogen) atoms. The fourth-order valence-corrected chi connectivity index (χ4v) is 2.60. The minimum Gasteiger partial charge on any atom is -0.489 e. The molecule has 0 radical (unpaired) electrons. The van der Waals surface area contributed by atoms with Gasteiger partial charge in [-0.2, -0.15) is 0 Å². The van der Waals surface area contributed by atoms with Gasteiger partial charge in [0.05, 0.1) is 11.8 Å². The minimum atomic E-state index is 0.163. The highest BCUT2D eigenvalue weighted by molar-refractivity contribution is 5.51. The zero-order valence-corrected chi connectivity index (χ0v) is 12.8. The molecule has 0 atom stereocenters. The quantitative estimate of drug-likeness (QED) is 0.906. The molecule has 0 bridgehead atoms. The molecule has 0 amide bonds. The fraction of sp³-hybridized carbons (Fsp3) is 0.412. The predicted molar refractivity (Wildman–Crippen MR) is 83.8 cm³/mol. The normalized spacial score (nSPS) is 11.1. The molecule has 3 nitrogen and oxygen atoms in total. The van der Waals surface area contributed by atoms with Gasteiger partial charge in [0.25, 0.3) is 0 Å². The summed E-state index contributed by atoms with van der Waals surface area (Å²) in [4.78, 5) is 0. The lowest BCUT2D eigenvalue weighted by atomic mass is 10.2. The molecule has 0 spiro atoms. The summed E-state index contributed by atoms with van der Waals surface area (Å²) in [5.41, 5.74) is 10.6. The summed E-state index contributed by atoms with van der Waals surface area (Å²) < 4.78 is 8.19. The van der Waals surface area contributed by atoms with Crippen molar-refractivity contribution in [1.29, 1.82) is 0 Å². The Kier molecular flexibility index (Phi) is 4.50. The first-order valence-electron chi connectivity index (χ1n) is 7.18. The van der Waals surface area contributed by atoms with Gasteiger partial charge < -0.3 is 15.0 Å². The Hall–Kier alpha value is -1.74. The molecular formula is C17H24N2O. The molecule has 0 aliphatic heterocycles. The Balaban J connectivity index is 2.51. The van der Waals surface area contributed by atoms with Crippen molar-refractivity contribution < 1.29 is 4.74 Å². The van der Waals surface area contributed by atoms with Crippen LogP contribution in [0.1, 0.15) is 30.8 Å². The largest absolute Gasteiger partial charge is 0.489 e. The average molecular weight is 272 g/mol. The lowest BCUT2D eigenvalue weighted by Crippen LogP contribution is -2.10. The van der Waals surface area contributed by atoms with Gasteiger partial charge in [0.15, 0.2) is 0 Å². The molecule has 3 heteroatoms. The van der Waals surface area contributed by atoms with Crippen LogP contribution < -0.4 is 10.5 Å². The maximum atomic E-state index is 5.93. The van der Waals surface area contributed by atoms with Crippen LogP contribution in [0.4, 0.5) is 0 Å². The highest BCUT2D eigenvalue weighted by atomic mass is 16.5. The van der Waals surface area contributed by atoms with E-state index in [9.17, 15) is 0 Å². The van der Waals surface area contributed by atoms with Crippen LogP contribution in [0.25, 0.3) is 5.69 Å². The third-order valence-corrected chi connectivity index (χ3v) is 3.42. The molecule has 0 saturated carbocycles. The first-order valence-corrected chi connectivity index (χ1v) is 7.18. The van der Waals surface area contributed by atoms with Gasteiger partial charge in [-0.25, -0.2) is 0 Å². The number of para-hydroxylation sites is 2. The highest BCUT2D eigenvalue weighted by Crippen LogP contribution is 2.28. The van der Waals surface area contributed by atoms with Crippen LogP contribution in [0.15, 0.2) is 30.3 Å². The van der Waals surface area contributed by atoms with Crippen molar-refractivity contribution in [2.45, 2.75) is 40.2 Å². The van der Waals surface area contributed by atoms with Crippen LogP contribution in [0.5, 0.6) is 5.75 Å². The summed E-state index contributed by atoms with van der Waals surface area (Å²) in [6.07, 6.45) is 1.07. The van der Waals surface area contributed by atoms with Crippen LogP contribution >= 0.6 is 0 Å². The summed E-state index contributed by atoms with van der Waals surface area (Å²) in [5.74, 6) is 0.920. The molecule has 1 aromatic carbocycles. The number of nitrogens with two attached hydrogens (primary N) is 1. The molecule has 2 aromatic rings. The summed E-state index contributed by atoms with van der Waals surface area (Å²) in [6, 6.07) is 10.4. The van der Waals surface area contributed by atoms with Crippen LogP contribution in [-0.4, -0.2) is 17.2 Å². The first kappa shape index (κ1) is 14.7. The third kappa shape index (κ3) is 2.88. The van der Waals surface area contributed by atoms with Gasteiger partial charge in [0, 0.05) is 11.4 Å². The fourth-order valence-electron chi connectivity index (χ4n) is 2.60. The molecule has 108 valence electrons. The number of aryl methyl sites for hydroxylation is 1. The van der Waals surface area contributed by atoms with Gasteiger partial charge in [-0.1, -0.05) is 12.1 Å².